The van der Waals surface area contributed by atoms with Gasteiger partial charge in [0.25, 0.3) is 0 Å². The van der Waals surface area contributed by atoms with Crippen molar-refractivity contribution < 1.29 is 9.47 Å². The Morgan fingerprint density at radius 1 is 1.75 bits per heavy atom. The molecule has 2 heteroatoms. The lowest BCUT2D eigenvalue weighted by molar-refractivity contribution is 0.0184. The van der Waals surface area contributed by atoms with Gasteiger partial charge in [0.2, 0.25) is 0 Å². The van der Waals surface area contributed by atoms with Crippen molar-refractivity contribution in [3.8, 4) is 0 Å². The summed E-state index contributed by atoms with van der Waals surface area (Å²) in [4.78, 5) is 0. The molecule has 1 fully saturated rings. The van der Waals surface area contributed by atoms with E-state index in [0.29, 0.717) is 6.61 Å². The fourth-order valence-corrected chi connectivity index (χ4v) is 1.25. The van der Waals surface area contributed by atoms with Gasteiger partial charge in [0.15, 0.2) is 0 Å². The second-order valence-electron chi connectivity index (χ2n) is 2.96. The van der Waals surface area contributed by atoms with Crippen LogP contribution >= 0.6 is 0 Å². The minimum Gasteiger partial charge on any atom is -0.496 e. The normalized spacial score (nSPS) is 23.8. The molecule has 1 atom stereocenters. The predicted octanol–water partition coefficient (Wildman–Crippen LogP) is 2.27. The van der Waals surface area contributed by atoms with E-state index in [1.54, 1.807) is 0 Å². The molecular formula is C10H16O2. The summed E-state index contributed by atoms with van der Waals surface area (Å²) in [5.41, 5.74) is 1.23. The van der Waals surface area contributed by atoms with Crippen molar-refractivity contribution >= 4 is 0 Å². The molecule has 1 saturated heterocycles. The van der Waals surface area contributed by atoms with E-state index in [0.717, 1.165) is 25.2 Å². The maximum Gasteiger partial charge on any atom is 0.118 e. The van der Waals surface area contributed by atoms with Crippen molar-refractivity contribution in [3.05, 3.63) is 24.5 Å². The first-order chi connectivity index (χ1) is 5.74. The molecule has 0 aromatic carbocycles. The summed E-state index contributed by atoms with van der Waals surface area (Å²) in [6.07, 6.45) is 1.86. The van der Waals surface area contributed by atoms with Crippen molar-refractivity contribution in [1.82, 2.24) is 0 Å². The lowest BCUT2D eigenvalue weighted by Gasteiger charge is -2.25. The van der Waals surface area contributed by atoms with Gasteiger partial charge >= 0.3 is 0 Å². The largest absolute Gasteiger partial charge is 0.496 e. The third kappa shape index (κ3) is 2.38. The van der Waals surface area contributed by atoms with E-state index in [4.69, 9.17) is 9.47 Å². The maximum atomic E-state index is 5.48. The van der Waals surface area contributed by atoms with E-state index in [2.05, 4.69) is 13.2 Å². The van der Waals surface area contributed by atoms with Gasteiger partial charge in [-0.3, -0.25) is 0 Å². The molecule has 1 heterocycles. The molecule has 0 amide bonds. The van der Waals surface area contributed by atoms with Gasteiger partial charge in [-0.2, -0.15) is 0 Å². The highest BCUT2D eigenvalue weighted by molar-refractivity contribution is 5.07. The summed E-state index contributed by atoms with van der Waals surface area (Å²) >= 11 is 0. The Labute approximate surface area is 73.9 Å². The highest BCUT2D eigenvalue weighted by Crippen LogP contribution is 2.22. The molecule has 0 saturated carbocycles. The van der Waals surface area contributed by atoms with Crippen LogP contribution in [0, 0.1) is 0 Å². The Hall–Kier alpha value is -0.760. The van der Waals surface area contributed by atoms with E-state index in [1.165, 1.54) is 5.57 Å². The van der Waals surface area contributed by atoms with Crippen LogP contribution in [0.25, 0.3) is 0 Å². The van der Waals surface area contributed by atoms with Gasteiger partial charge in [0.05, 0.1) is 13.2 Å². The molecule has 12 heavy (non-hydrogen) atoms. The molecule has 0 radical (unpaired) electrons. The summed E-state index contributed by atoms with van der Waals surface area (Å²) in [6, 6.07) is 0. The monoisotopic (exact) mass is 168 g/mol. The minimum atomic E-state index is 0.0335. The molecule has 0 N–H and O–H groups in total. The van der Waals surface area contributed by atoms with Crippen LogP contribution in [0.15, 0.2) is 24.5 Å². The molecule has 0 aromatic rings. The molecule has 1 rings (SSSR count). The quantitative estimate of drug-likeness (QED) is 0.475. The first-order valence-corrected chi connectivity index (χ1v) is 4.34. The van der Waals surface area contributed by atoms with Gasteiger partial charge in [0.1, 0.15) is 11.9 Å². The van der Waals surface area contributed by atoms with E-state index in [-0.39, 0.29) is 6.10 Å². The Morgan fingerprint density at radius 3 is 3.08 bits per heavy atom. The first-order valence-electron chi connectivity index (χ1n) is 4.34. The van der Waals surface area contributed by atoms with Crippen LogP contribution in [-0.4, -0.2) is 19.3 Å². The first kappa shape index (κ1) is 9.33. The fraction of sp³-hybridized carbons (Fsp3) is 0.600. The van der Waals surface area contributed by atoms with Crippen molar-refractivity contribution in [2.45, 2.75) is 25.9 Å². The molecule has 0 aliphatic carbocycles. The lowest BCUT2D eigenvalue weighted by atomic mass is 10.0. The molecule has 0 spiro atoms. The van der Waals surface area contributed by atoms with Gasteiger partial charge in [-0.25, -0.2) is 0 Å². The maximum absolute atomic E-state index is 5.48. The molecule has 0 bridgehead atoms. The zero-order valence-corrected chi connectivity index (χ0v) is 7.64. The van der Waals surface area contributed by atoms with Crippen molar-refractivity contribution in [1.29, 1.82) is 0 Å². The van der Waals surface area contributed by atoms with E-state index >= 15 is 0 Å². The number of rotatable bonds is 3. The van der Waals surface area contributed by atoms with E-state index in [9.17, 15) is 0 Å². The van der Waals surface area contributed by atoms with Gasteiger partial charge in [0, 0.05) is 6.42 Å². The van der Waals surface area contributed by atoms with Crippen LogP contribution in [0.3, 0.4) is 0 Å². The Bertz CT molecular complexity index is 184. The van der Waals surface area contributed by atoms with Crippen LogP contribution in [0.2, 0.25) is 0 Å². The van der Waals surface area contributed by atoms with Crippen LogP contribution in [-0.2, 0) is 9.47 Å². The molecule has 1 aliphatic rings. The Kier molecular flexibility index (Phi) is 3.35. The van der Waals surface area contributed by atoms with Gasteiger partial charge in [-0.1, -0.05) is 18.7 Å². The summed E-state index contributed by atoms with van der Waals surface area (Å²) in [5, 5.41) is 0. The second kappa shape index (κ2) is 4.31. The van der Waals surface area contributed by atoms with Gasteiger partial charge in [-0.05, 0) is 13.3 Å². The average molecular weight is 168 g/mol. The van der Waals surface area contributed by atoms with Gasteiger partial charge < -0.3 is 9.47 Å². The van der Waals surface area contributed by atoms with Crippen molar-refractivity contribution in [2.24, 2.45) is 0 Å². The third-order valence-electron chi connectivity index (χ3n) is 1.94. The summed E-state index contributed by atoms with van der Waals surface area (Å²) in [5.74, 6) is 0.735. The summed E-state index contributed by atoms with van der Waals surface area (Å²) < 4.78 is 10.7. The van der Waals surface area contributed by atoms with E-state index < -0.39 is 0 Å². The predicted molar refractivity (Wildman–Crippen MR) is 48.9 cm³/mol. The average Bonchev–Trinajstić information content (AvgIpc) is 2.05. The molecule has 1 unspecified atom stereocenters. The number of hydrogen-bond acceptors (Lipinski definition) is 2. The molecule has 0 aromatic heterocycles. The van der Waals surface area contributed by atoms with Crippen LogP contribution in [0.4, 0.5) is 0 Å². The highest BCUT2D eigenvalue weighted by atomic mass is 16.5. The van der Waals surface area contributed by atoms with Crippen LogP contribution in [0.1, 0.15) is 19.8 Å². The second-order valence-corrected chi connectivity index (χ2v) is 2.96. The molecular weight excluding hydrogens is 152 g/mol. The summed E-state index contributed by atoms with van der Waals surface area (Å²) in [7, 11) is 0. The Morgan fingerprint density at radius 2 is 2.50 bits per heavy atom. The molecule has 68 valence electrons. The molecule has 1 aliphatic heterocycles. The fourth-order valence-electron chi connectivity index (χ4n) is 1.25. The lowest BCUT2D eigenvalue weighted by Crippen LogP contribution is -2.23. The highest BCUT2D eigenvalue weighted by Gasteiger charge is 2.19. The topological polar surface area (TPSA) is 18.5 Å². The SMILES string of the molecule is C=C1CCOC(C(=C)OCC)C1. The zero-order valence-electron chi connectivity index (χ0n) is 7.64. The van der Waals surface area contributed by atoms with Crippen molar-refractivity contribution in [3.63, 3.8) is 0 Å². The Balaban J connectivity index is 2.40. The third-order valence-corrected chi connectivity index (χ3v) is 1.94. The van der Waals surface area contributed by atoms with E-state index in [1.807, 2.05) is 6.92 Å². The van der Waals surface area contributed by atoms with Crippen LogP contribution < -0.4 is 0 Å². The van der Waals surface area contributed by atoms with Crippen molar-refractivity contribution in [2.75, 3.05) is 13.2 Å². The smallest absolute Gasteiger partial charge is 0.118 e. The summed E-state index contributed by atoms with van der Waals surface area (Å²) in [6.45, 7) is 11.1. The van der Waals surface area contributed by atoms with Gasteiger partial charge in [-0.15, -0.1) is 0 Å². The number of ether oxygens (including phenoxy) is 2. The van der Waals surface area contributed by atoms with Crippen LogP contribution in [0.5, 0.6) is 0 Å². The molecule has 2 nitrogen and oxygen atoms in total. The minimum absolute atomic E-state index is 0.0335. The number of hydrogen-bond donors (Lipinski definition) is 0. The zero-order chi connectivity index (χ0) is 8.97. The standard InChI is InChI=1S/C10H16O2/c1-4-11-9(3)10-7-8(2)5-6-12-10/h10H,2-7H2,1H3.